The summed E-state index contributed by atoms with van der Waals surface area (Å²) in [7, 11) is 0. The van der Waals surface area contributed by atoms with Crippen LogP contribution in [0.3, 0.4) is 0 Å². The van der Waals surface area contributed by atoms with Crippen molar-refractivity contribution in [1.82, 2.24) is 4.57 Å². The molecule has 0 unspecified atom stereocenters. The van der Waals surface area contributed by atoms with Crippen LogP contribution in [0.25, 0.3) is 83.1 Å². The molecule has 292 valence electrons. The molecule has 0 amide bonds. The number of anilines is 3. The van der Waals surface area contributed by atoms with Crippen LogP contribution in [0, 0.1) is 0 Å². The van der Waals surface area contributed by atoms with Gasteiger partial charge < -0.3 is 9.47 Å². The average Bonchev–Trinajstić information content (AvgIpc) is 3.70. The first-order valence-electron chi connectivity index (χ1n) is 21.3. The molecule has 0 bridgehead atoms. The van der Waals surface area contributed by atoms with Crippen molar-refractivity contribution in [2.45, 2.75) is 0 Å². The van der Waals surface area contributed by atoms with Crippen molar-refractivity contribution in [2.24, 2.45) is 0 Å². The van der Waals surface area contributed by atoms with Crippen LogP contribution in [-0.4, -0.2) is 4.57 Å². The second kappa shape index (κ2) is 16.1. The maximum absolute atomic E-state index is 2.44. The molecule has 0 atom stereocenters. The monoisotopic (exact) mass is 790 g/mol. The molecule has 0 N–H and O–H groups in total. The number of rotatable bonds is 9. The van der Waals surface area contributed by atoms with E-state index >= 15 is 0 Å². The SMILES string of the molecule is c1ccc(-c2ccccc2-c2ccccc2-c2ccccc2N(c2ccc(-c3ccc(-n4c5ccccc5c5ccccc54)cc3)cc2)c2ccccc2-c2ccccc2)cc1. The molecule has 1 heterocycles. The lowest BCUT2D eigenvalue weighted by Gasteiger charge is -2.30. The Bertz CT molecular complexity index is 3270. The minimum atomic E-state index is 1.08. The third-order valence-electron chi connectivity index (χ3n) is 12.1. The molecule has 0 aliphatic carbocycles. The zero-order chi connectivity index (χ0) is 41.2. The number of hydrogen-bond acceptors (Lipinski definition) is 1. The lowest BCUT2D eigenvalue weighted by molar-refractivity contribution is 1.18. The van der Waals surface area contributed by atoms with Gasteiger partial charge in [0.25, 0.3) is 0 Å². The van der Waals surface area contributed by atoms with Gasteiger partial charge in [-0.2, -0.15) is 0 Å². The summed E-state index contributed by atoms with van der Waals surface area (Å²) in [6.45, 7) is 0. The average molecular weight is 791 g/mol. The maximum atomic E-state index is 2.44. The van der Waals surface area contributed by atoms with E-state index in [0.717, 1.165) is 39.4 Å². The topological polar surface area (TPSA) is 8.17 Å². The van der Waals surface area contributed by atoms with Crippen molar-refractivity contribution in [3.05, 3.63) is 255 Å². The quantitative estimate of drug-likeness (QED) is 0.141. The highest BCUT2D eigenvalue weighted by Gasteiger charge is 2.22. The number of para-hydroxylation sites is 4. The normalized spacial score (nSPS) is 11.2. The Hall–Kier alpha value is -8.20. The third-order valence-corrected chi connectivity index (χ3v) is 12.1. The van der Waals surface area contributed by atoms with Gasteiger partial charge in [-0.3, -0.25) is 0 Å². The molecule has 2 nitrogen and oxygen atoms in total. The van der Waals surface area contributed by atoms with Crippen LogP contribution in [0.1, 0.15) is 0 Å². The second-order valence-electron chi connectivity index (χ2n) is 15.7. The summed E-state index contributed by atoms with van der Waals surface area (Å²) < 4.78 is 2.37. The highest BCUT2D eigenvalue weighted by Crippen LogP contribution is 2.47. The van der Waals surface area contributed by atoms with Crippen molar-refractivity contribution in [2.75, 3.05) is 4.90 Å². The van der Waals surface area contributed by atoms with Gasteiger partial charge in [0.1, 0.15) is 0 Å². The fourth-order valence-corrected chi connectivity index (χ4v) is 9.18. The molecule has 11 rings (SSSR count). The van der Waals surface area contributed by atoms with E-state index in [1.807, 2.05) is 0 Å². The molecule has 10 aromatic carbocycles. The van der Waals surface area contributed by atoms with Crippen LogP contribution in [-0.2, 0) is 0 Å². The predicted octanol–water partition coefficient (Wildman–Crippen LogP) is 16.6. The first-order chi connectivity index (χ1) is 30.8. The number of benzene rings is 10. The summed E-state index contributed by atoms with van der Waals surface area (Å²) in [5.41, 5.74) is 18.7. The van der Waals surface area contributed by atoms with E-state index in [1.54, 1.807) is 0 Å². The largest absolute Gasteiger partial charge is 0.309 e. The van der Waals surface area contributed by atoms with E-state index in [4.69, 9.17) is 0 Å². The maximum Gasteiger partial charge on any atom is 0.0541 e. The number of fused-ring (bicyclic) bond motifs is 3. The van der Waals surface area contributed by atoms with Crippen LogP contribution in [0.2, 0.25) is 0 Å². The minimum Gasteiger partial charge on any atom is -0.309 e. The second-order valence-corrected chi connectivity index (χ2v) is 15.7. The molecular formula is C60H42N2. The Labute approximate surface area is 362 Å². The van der Waals surface area contributed by atoms with Gasteiger partial charge in [-0.05, 0) is 93.0 Å². The molecule has 0 spiro atoms. The Kier molecular flexibility index (Phi) is 9.57. The molecule has 0 aliphatic heterocycles. The first-order valence-corrected chi connectivity index (χ1v) is 21.3. The van der Waals surface area contributed by atoms with Crippen LogP contribution in [0.15, 0.2) is 255 Å². The Balaban J connectivity index is 1.03. The van der Waals surface area contributed by atoms with Crippen LogP contribution < -0.4 is 4.90 Å². The lowest BCUT2D eigenvalue weighted by Crippen LogP contribution is -2.12. The van der Waals surface area contributed by atoms with E-state index in [0.29, 0.717) is 0 Å². The van der Waals surface area contributed by atoms with Gasteiger partial charge >= 0.3 is 0 Å². The molecular weight excluding hydrogens is 749 g/mol. The summed E-state index contributed by atoms with van der Waals surface area (Å²) in [6.07, 6.45) is 0. The predicted molar refractivity (Wildman–Crippen MR) is 263 cm³/mol. The van der Waals surface area contributed by atoms with Gasteiger partial charge in [-0.25, -0.2) is 0 Å². The zero-order valence-corrected chi connectivity index (χ0v) is 34.1. The summed E-state index contributed by atoms with van der Waals surface area (Å²) in [4.78, 5) is 2.44. The minimum absolute atomic E-state index is 1.08. The molecule has 11 aromatic rings. The molecule has 62 heavy (non-hydrogen) atoms. The smallest absolute Gasteiger partial charge is 0.0541 e. The standard InChI is InChI=1S/C60H42N2/c1-3-19-45(20-4-1)49-23-7-8-25-51(49)52-26-9-10-27-53(52)54-28-12-16-32-58(54)61(57-31-15-11-24-50(57)46-21-5-2-6-22-46)47-39-35-43(36-40-47)44-37-41-48(42-38-44)62-59-33-17-13-29-55(59)56-30-14-18-34-60(56)62/h1-42H. The third kappa shape index (κ3) is 6.65. The summed E-state index contributed by atoms with van der Waals surface area (Å²) >= 11 is 0. The van der Waals surface area contributed by atoms with Gasteiger partial charge in [-0.1, -0.05) is 206 Å². The van der Waals surface area contributed by atoms with Crippen molar-refractivity contribution in [3.8, 4) is 61.3 Å². The Morgan fingerprint density at radius 1 is 0.242 bits per heavy atom. The van der Waals surface area contributed by atoms with Gasteiger partial charge in [0, 0.05) is 33.3 Å². The molecule has 0 fully saturated rings. The summed E-state index contributed by atoms with van der Waals surface area (Å²) in [6, 6.07) is 92.0. The van der Waals surface area contributed by atoms with E-state index in [1.165, 1.54) is 60.8 Å². The van der Waals surface area contributed by atoms with Crippen LogP contribution >= 0.6 is 0 Å². The van der Waals surface area contributed by atoms with E-state index in [2.05, 4.69) is 264 Å². The van der Waals surface area contributed by atoms with Crippen molar-refractivity contribution in [1.29, 1.82) is 0 Å². The molecule has 1 aromatic heterocycles. The van der Waals surface area contributed by atoms with Gasteiger partial charge in [0.05, 0.1) is 22.4 Å². The van der Waals surface area contributed by atoms with Gasteiger partial charge in [0.2, 0.25) is 0 Å². The lowest BCUT2D eigenvalue weighted by atomic mass is 9.88. The van der Waals surface area contributed by atoms with Crippen molar-refractivity contribution in [3.63, 3.8) is 0 Å². The number of aromatic nitrogens is 1. The molecule has 0 saturated heterocycles. The van der Waals surface area contributed by atoms with Crippen LogP contribution in [0.5, 0.6) is 0 Å². The Morgan fingerprint density at radius 3 is 1.18 bits per heavy atom. The van der Waals surface area contributed by atoms with E-state index < -0.39 is 0 Å². The number of hydrogen-bond donors (Lipinski definition) is 0. The zero-order valence-electron chi connectivity index (χ0n) is 34.1. The summed E-state index contributed by atoms with van der Waals surface area (Å²) in [5.74, 6) is 0. The summed E-state index contributed by atoms with van der Waals surface area (Å²) in [5, 5.41) is 2.53. The molecule has 0 radical (unpaired) electrons. The van der Waals surface area contributed by atoms with Crippen molar-refractivity contribution < 1.29 is 0 Å². The fourth-order valence-electron chi connectivity index (χ4n) is 9.18. The van der Waals surface area contributed by atoms with Gasteiger partial charge in [-0.15, -0.1) is 0 Å². The highest BCUT2D eigenvalue weighted by molar-refractivity contribution is 6.09. The van der Waals surface area contributed by atoms with Gasteiger partial charge in [0.15, 0.2) is 0 Å². The number of nitrogens with zero attached hydrogens (tertiary/aromatic N) is 2. The van der Waals surface area contributed by atoms with Crippen LogP contribution in [0.4, 0.5) is 17.1 Å². The fraction of sp³-hybridized carbons (Fsp3) is 0. The highest BCUT2D eigenvalue weighted by atomic mass is 15.1. The first kappa shape index (κ1) is 36.8. The Morgan fingerprint density at radius 2 is 0.613 bits per heavy atom. The molecule has 2 heteroatoms. The molecule has 0 aliphatic rings. The van der Waals surface area contributed by atoms with Crippen molar-refractivity contribution >= 4 is 38.9 Å². The van der Waals surface area contributed by atoms with E-state index in [-0.39, 0.29) is 0 Å². The van der Waals surface area contributed by atoms with E-state index in [9.17, 15) is 0 Å². The molecule has 0 saturated carbocycles.